The highest BCUT2D eigenvalue weighted by molar-refractivity contribution is 5.93. The van der Waals surface area contributed by atoms with E-state index in [-0.39, 0.29) is 11.2 Å². The molecule has 102 valence electrons. The number of H-pyrrole nitrogens is 3. The van der Waals surface area contributed by atoms with Crippen molar-refractivity contribution in [2.45, 2.75) is 0 Å². The fourth-order valence-corrected chi connectivity index (χ4v) is 2.36. The Hall–Kier alpha value is -3.22. The monoisotopic (exact) mass is 279 g/mol. The van der Waals surface area contributed by atoms with Gasteiger partial charge in [0, 0.05) is 17.1 Å². The van der Waals surface area contributed by atoms with Gasteiger partial charge in [-0.1, -0.05) is 18.2 Å². The number of rotatable bonds is 1. The summed E-state index contributed by atoms with van der Waals surface area (Å²) in [4.78, 5) is 39.3. The number of pyridine rings is 1. The number of aromatic nitrogens is 5. The number of hydrogen-bond donors (Lipinski definition) is 3. The number of benzene rings is 1. The Labute approximate surface area is 116 Å². The van der Waals surface area contributed by atoms with E-state index in [1.807, 2.05) is 30.3 Å². The fraction of sp³-hybridized carbons (Fsp3) is 0. The number of para-hydroxylation sites is 1. The average Bonchev–Trinajstić information content (AvgIpc) is 2.90. The Morgan fingerprint density at radius 1 is 0.952 bits per heavy atom. The van der Waals surface area contributed by atoms with Gasteiger partial charge in [0.05, 0.1) is 5.52 Å². The first kappa shape index (κ1) is 11.6. The van der Waals surface area contributed by atoms with Crippen molar-refractivity contribution in [3.8, 4) is 11.4 Å². The minimum atomic E-state index is -0.582. The van der Waals surface area contributed by atoms with E-state index in [9.17, 15) is 9.59 Å². The summed E-state index contributed by atoms with van der Waals surface area (Å²) in [6.07, 6.45) is 1.70. The van der Waals surface area contributed by atoms with Crippen molar-refractivity contribution in [2.75, 3.05) is 0 Å². The summed E-state index contributed by atoms with van der Waals surface area (Å²) in [6, 6.07) is 9.50. The quantitative estimate of drug-likeness (QED) is 0.486. The summed E-state index contributed by atoms with van der Waals surface area (Å²) in [7, 11) is 0. The lowest BCUT2D eigenvalue weighted by atomic mass is 10.1. The number of aromatic amines is 3. The van der Waals surface area contributed by atoms with E-state index in [4.69, 9.17) is 0 Å². The van der Waals surface area contributed by atoms with Gasteiger partial charge in [0.15, 0.2) is 5.65 Å². The van der Waals surface area contributed by atoms with Crippen LogP contribution in [0.1, 0.15) is 0 Å². The summed E-state index contributed by atoms with van der Waals surface area (Å²) >= 11 is 0. The summed E-state index contributed by atoms with van der Waals surface area (Å²) in [5.41, 5.74) is 0.925. The standard InChI is InChI=1S/C14H9N5O2/c20-13-10-12(18-14(21)19-13)17-11(16-10)8-5-1-3-7-4-2-6-15-9(7)8/h1-6H,(H3,16,17,18,19,20,21). The lowest BCUT2D eigenvalue weighted by molar-refractivity contribution is 1.07. The van der Waals surface area contributed by atoms with Crippen molar-refractivity contribution in [3.05, 3.63) is 57.4 Å². The molecule has 0 fully saturated rings. The average molecular weight is 279 g/mol. The molecule has 4 rings (SSSR count). The molecule has 3 heterocycles. The number of imidazole rings is 1. The molecule has 1 aromatic carbocycles. The molecule has 0 radical (unpaired) electrons. The lowest BCUT2D eigenvalue weighted by Crippen LogP contribution is -2.21. The zero-order valence-corrected chi connectivity index (χ0v) is 10.7. The normalized spacial score (nSPS) is 11.2. The van der Waals surface area contributed by atoms with Gasteiger partial charge >= 0.3 is 5.69 Å². The van der Waals surface area contributed by atoms with Crippen LogP contribution in [0.5, 0.6) is 0 Å². The Morgan fingerprint density at radius 3 is 2.71 bits per heavy atom. The van der Waals surface area contributed by atoms with Gasteiger partial charge in [-0.15, -0.1) is 0 Å². The number of nitrogens with zero attached hydrogens (tertiary/aromatic N) is 2. The minimum Gasteiger partial charge on any atom is -0.332 e. The van der Waals surface area contributed by atoms with Gasteiger partial charge in [0.1, 0.15) is 11.3 Å². The molecule has 0 saturated carbocycles. The van der Waals surface area contributed by atoms with Crippen LogP contribution in [-0.4, -0.2) is 24.9 Å². The maximum Gasteiger partial charge on any atom is 0.327 e. The molecule has 0 aliphatic rings. The highest BCUT2D eigenvalue weighted by atomic mass is 16.2. The van der Waals surface area contributed by atoms with Crippen molar-refractivity contribution in [3.63, 3.8) is 0 Å². The Bertz CT molecular complexity index is 1080. The minimum absolute atomic E-state index is 0.228. The van der Waals surface area contributed by atoms with E-state index in [1.54, 1.807) is 6.20 Å². The molecule has 3 N–H and O–H groups in total. The second-order valence-corrected chi connectivity index (χ2v) is 4.60. The van der Waals surface area contributed by atoms with E-state index < -0.39 is 11.2 Å². The maximum atomic E-state index is 11.7. The van der Waals surface area contributed by atoms with Gasteiger partial charge in [-0.25, -0.2) is 9.78 Å². The molecule has 0 amide bonds. The highest BCUT2D eigenvalue weighted by Gasteiger charge is 2.12. The molecule has 0 spiro atoms. The fourth-order valence-electron chi connectivity index (χ4n) is 2.36. The van der Waals surface area contributed by atoms with Crippen LogP contribution in [-0.2, 0) is 0 Å². The zero-order valence-electron chi connectivity index (χ0n) is 10.7. The van der Waals surface area contributed by atoms with Crippen LogP contribution in [0.4, 0.5) is 0 Å². The summed E-state index contributed by atoms with van der Waals surface area (Å²) in [5.74, 6) is 0.488. The summed E-state index contributed by atoms with van der Waals surface area (Å²) < 4.78 is 0. The molecule has 4 aromatic rings. The molecule has 7 heteroatoms. The molecule has 0 aliphatic carbocycles. The smallest absolute Gasteiger partial charge is 0.327 e. The summed E-state index contributed by atoms with van der Waals surface area (Å²) in [6.45, 7) is 0. The van der Waals surface area contributed by atoms with Crippen molar-refractivity contribution in [1.29, 1.82) is 0 Å². The van der Waals surface area contributed by atoms with Gasteiger partial charge in [0.25, 0.3) is 5.56 Å². The van der Waals surface area contributed by atoms with E-state index in [1.165, 1.54) is 0 Å². The van der Waals surface area contributed by atoms with E-state index >= 15 is 0 Å². The van der Waals surface area contributed by atoms with E-state index in [0.717, 1.165) is 16.5 Å². The third-order valence-corrected chi connectivity index (χ3v) is 3.28. The predicted octanol–water partition coefficient (Wildman–Crippen LogP) is 1.15. The molecule has 0 atom stereocenters. The molecule has 0 saturated heterocycles. The Kier molecular flexibility index (Phi) is 2.28. The van der Waals surface area contributed by atoms with Gasteiger partial charge in [-0.3, -0.25) is 19.7 Å². The maximum absolute atomic E-state index is 11.7. The second kappa shape index (κ2) is 4.14. The Balaban J connectivity index is 2.07. The van der Waals surface area contributed by atoms with E-state index in [2.05, 4.69) is 24.9 Å². The van der Waals surface area contributed by atoms with Gasteiger partial charge in [-0.05, 0) is 12.1 Å². The van der Waals surface area contributed by atoms with Gasteiger partial charge < -0.3 is 4.98 Å². The van der Waals surface area contributed by atoms with Crippen LogP contribution in [0, 0.1) is 0 Å². The Morgan fingerprint density at radius 2 is 1.81 bits per heavy atom. The van der Waals surface area contributed by atoms with Crippen LogP contribution in [0.2, 0.25) is 0 Å². The topological polar surface area (TPSA) is 107 Å². The van der Waals surface area contributed by atoms with E-state index in [0.29, 0.717) is 5.82 Å². The molecular weight excluding hydrogens is 270 g/mol. The number of hydrogen-bond acceptors (Lipinski definition) is 4. The SMILES string of the molecule is O=c1[nH]c(=O)c2[nH]c(-c3cccc4cccnc34)nc2[nH]1. The largest absolute Gasteiger partial charge is 0.332 e. The number of fused-ring (bicyclic) bond motifs is 2. The molecule has 3 aromatic heterocycles. The number of nitrogens with one attached hydrogen (secondary N) is 3. The highest BCUT2D eigenvalue weighted by Crippen LogP contribution is 2.25. The van der Waals surface area contributed by atoms with Gasteiger partial charge in [0.2, 0.25) is 0 Å². The summed E-state index contributed by atoms with van der Waals surface area (Å²) in [5, 5.41) is 0.970. The first-order valence-electron chi connectivity index (χ1n) is 6.29. The molecular formula is C14H9N5O2. The third-order valence-electron chi connectivity index (χ3n) is 3.28. The molecule has 7 nitrogen and oxygen atoms in total. The van der Waals surface area contributed by atoms with Crippen LogP contribution >= 0.6 is 0 Å². The van der Waals surface area contributed by atoms with Crippen LogP contribution in [0.25, 0.3) is 33.5 Å². The zero-order chi connectivity index (χ0) is 14.4. The van der Waals surface area contributed by atoms with Crippen LogP contribution < -0.4 is 11.2 Å². The molecule has 21 heavy (non-hydrogen) atoms. The lowest BCUT2D eigenvalue weighted by Gasteiger charge is -2.01. The van der Waals surface area contributed by atoms with Crippen LogP contribution in [0.3, 0.4) is 0 Å². The van der Waals surface area contributed by atoms with Crippen molar-refractivity contribution in [2.24, 2.45) is 0 Å². The van der Waals surface area contributed by atoms with Crippen LogP contribution in [0.15, 0.2) is 46.1 Å². The second-order valence-electron chi connectivity index (χ2n) is 4.60. The molecule has 0 bridgehead atoms. The van der Waals surface area contributed by atoms with Crippen molar-refractivity contribution >= 4 is 22.1 Å². The van der Waals surface area contributed by atoms with Crippen molar-refractivity contribution in [1.82, 2.24) is 24.9 Å². The first-order chi connectivity index (χ1) is 10.2. The third kappa shape index (κ3) is 1.75. The van der Waals surface area contributed by atoms with Gasteiger partial charge in [-0.2, -0.15) is 0 Å². The van der Waals surface area contributed by atoms with Crippen molar-refractivity contribution < 1.29 is 0 Å². The molecule has 0 unspecified atom stereocenters. The predicted molar refractivity (Wildman–Crippen MR) is 78.1 cm³/mol. The first-order valence-corrected chi connectivity index (χ1v) is 6.29. The molecule has 0 aliphatic heterocycles.